The van der Waals surface area contributed by atoms with Gasteiger partial charge in [-0.05, 0) is 24.3 Å². The number of hydrogen-bond donors (Lipinski definition) is 0. The molecule has 0 atom stereocenters. The molecule has 0 aliphatic heterocycles. The van der Waals surface area contributed by atoms with E-state index in [1.54, 1.807) is 35.7 Å². The minimum absolute atomic E-state index is 0.0445. The summed E-state index contributed by atoms with van der Waals surface area (Å²) in [5.74, 6) is 0.0674. The Labute approximate surface area is 166 Å². The number of alkyl halides is 3. The highest BCUT2D eigenvalue weighted by Gasteiger charge is 2.37. The van der Waals surface area contributed by atoms with Crippen LogP contribution in [0.4, 0.5) is 13.2 Å². The Balaban J connectivity index is 1.74. The quantitative estimate of drug-likeness (QED) is 0.336. The first-order chi connectivity index (χ1) is 13.8. The first-order valence-corrected chi connectivity index (χ1v) is 9.15. The number of carbonyl (C=O) groups is 1. The van der Waals surface area contributed by atoms with Crippen molar-refractivity contribution in [1.82, 2.24) is 14.8 Å². The molecule has 0 bridgehead atoms. The van der Waals surface area contributed by atoms with Crippen molar-refractivity contribution in [1.29, 1.82) is 0 Å². The van der Waals surface area contributed by atoms with E-state index in [0.717, 1.165) is 22.1 Å². The fourth-order valence-electron chi connectivity index (χ4n) is 2.65. The topological polar surface area (TPSA) is 70.2 Å². The summed E-state index contributed by atoms with van der Waals surface area (Å²) >= 11 is 1.01. The molecule has 0 fully saturated rings. The molecule has 0 spiro atoms. The Morgan fingerprint density at radius 1 is 1.17 bits per heavy atom. The molecule has 0 unspecified atom stereocenters. The number of carbonyl (C=O) groups excluding carboxylic acids is 1. The summed E-state index contributed by atoms with van der Waals surface area (Å²) in [7, 11) is 0. The first kappa shape index (κ1) is 18.9. The van der Waals surface area contributed by atoms with Crippen molar-refractivity contribution in [3.8, 4) is 33.6 Å². The molecule has 148 valence electrons. The standard InChI is InChI=1S/C19H12F3N3O3S/c1-11(26)28-13-5-2-4-12(8-13)15-10-29-18(23-15)25-17(19(20,21)22)9-14(24-25)16-6-3-7-27-16/h2-10H,1H3. The third kappa shape index (κ3) is 3.92. The minimum Gasteiger partial charge on any atom is -0.463 e. The average Bonchev–Trinajstić information content (AvgIpc) is 3.39. The second kappa shape index (κ2) is 7.21. The van der Waals surface area contributed by atoms with Gasteiger partial charge in [-0.2, -0.15) is 18.3 Å². The van der Waals surface area contributed by atoms with Gasteiger partial charge in [-0.3, -0.25) is 4.79 Å². The van der Waals surface area contributed by atoms with Crippen molar-refractivity contribution in [2.24, 2.45) is 0 Å². The van der Waals surface area contributed by atoms with Gasteiger partial charge in [0.15, 0.2) is 11.5 Å². The third-order valence-electron chi connectivity index (χ3n) is 3.84. The van der Waals surface area contributed by atoms with Gasteiger partial charge in [0, 0.05) is 23.9 Å². The lowest BCUT2D eigenvalue weighted by molar-refractivity contribution is -0.142. The summed E-state index contributed by atoms with van der Waals surface area (Å²) in [5.41, 5.74) is 0.120. The van der Waals surface area contributed by atoms with E-state index in [2.05, 4.69) is 10.1 Å². The number of esters is 1. The SMILES string of the molecule is CC(=O)Oc1cccc(-c2csc(-n3nc(-c4ccco4)cc3C(F)(F)F)n2)c1. The third-order valence-corrected chi connectivity index (χ3v) is 4.65. The number of aromatic nitrogens is 3. The zero-order valence-electron chi connectivity index (χ0n) is 14.8. The molecule has 6 nitrogen and oxygen atoms in total. The van der Waals surface area contributed by atoms with Gasteiger partial charge in [-0.1, -0.05) is 12.1 Å². The predicted molar refractivity (Wildman–Crippen MR) is 98.7 cm³/mol. The highest BCUT2D eigenvalue weighted by atomic mass is 32.1. The highest BCUT2D eigenvalue weighted by Crippen LogP contribution is 2.35. The van der Waals surface area contributed by atoms with Gasteiger partial charge in [-0.15, -0.1) is 11.3 Å². The molecule has 1 aromatic carbocycles. The Morgan fingerprint density at radius 3 is 2.69 bits per heavy atom. The lowest BCUT2D eigenvalue weighted by Gasteiger charge is -2.07. The lowest BCUT2D eigenvalue weighted by Crippen LogP contribution is -2.13. The normalized spacial score (nSPS) is 11.6. The van der Waals surface area contributed by atoms with Gasteiger partial charge in [-0.25, -0.2) is 9.67 Å². The van der Waals surface area contributed by atoms with E-state index < -0.39 is 17.8 Å². The molecule has 0 saturated heterocycles. The molecule has 0 aliphatic rings. The van der Waals surface area contributed by atoms with Crippen LogP contribution in [-0.4, -0.2) is 20.7 Å². The zero-order chi connectivity index (χ0) is 20.6. The van der Waals surface area contributed by atoms with Crippen LogP contribution in [0.2, 0.25) is 0 Å². The van der Waals surface area contributed by atoms with Crippen LogP contribution in [-0.2, 0) is 11.0 Å². The summed E-state index contributed by atoms with van der Waals surface area (Å²) in [6.07, 6.45) is -3.27. The Hall–Kier alpha value is -3.40. The minimum atomic E-state index is -4.63. The molecule has 10 heteroatoms. The van der Waals surface area contributed by atoms with Crippen molar-refractivity contribution in [2.75, 3.05) is 0 Å². The predicted octanol–water partition coefficient (Wildman–Crippen LogP) is 5.20. The van der Waals surface area contributed by atoms with Gasteiger partial charge in [0.25, 0.3) is 0 Å². The fraction of sp³-hybridized carbons (Fsp3) is 0.105. The Bertz CT molecular complexity index is 1160. The van der Waals surface area contributed by atoms with E-state index in [0.29, 0.717) is 17.0 Å². The van der Waals surface area contributed by atoms with E-state index in [-0.39, 0.29) is 16.6 Å². The van der Waals surface area contributed by atoms with Gasteiger partial charge in [0.1, 0.15) is 11.4 Å². The fourth-order valence-corrected chi connectivity index (χ4v) is 3.45. The maximum absolute atomic E-state index is 13.5. The molecule has 0 aliphatic carbocycles. The van der Waals surface area contributed by atoms with Crippen molar-refractivity contribution in [2.45, 2.75) is 13.1 Å². The first-order valence-electron chi connectivity index (χ1n) is 8.27. The molecule has 0 radical (unpaired) electrons. The highest BCUT2D eigenvalue weighted by molar-refractivity contribution is 7.12. The van der Waals surface area contributed by atoms with Crippen molar-refractivity contribution < 1.29 is 27.1 Å². The number of rotatable bonds is 4. The van der Waals surface area contributed by atoms with Crippen molar-refractivity contribution in [3.63, 3.8) is 0 Å². The number of thiazole rings is 1. The molecule has 4 rings (SSSR count). The summed E-state index contributed by atoms with van der Waals surface area (Å²) in [4.78, 5) is 15.4. The van der Waals surface area contributed by atoms with Gasteiger partial charge in [0.05, 0.1) is 12.0 Å². The maximum atomic E-state index is 13.5. The van der Waals surface area contributed by atoms with E-state index >= 15 is 0 Å². The molecule has 29 heavy (non-hydrogen) atoms. The summed E-state index contributed by atoms with van der Waals surface area (Å²) < 4.78 is 51.5. The lowest BCUT2D eigenvalue weighted by atomic mass is 10.2. The average molecular weight is 419 g/mol. The van der Waals surface area contributed by atoms with E-state index in [4.69, 9.17) is 9.15 Å². The number of ether oxygens (including phenoxy) is 1. The second-order valence-electron chi connectivity index (χ2n) is 5.94. The monoisotopic (exact) mass is 419 g/mol. The molecular formula is C19H12F3N3O3S. The number of hydrogen-bond acceptors (Lipinski definition) is 6. The number of nitrogens with zero attached hydrogens (tertiary/aromatic N) is 3. The van der Waals surface area contributed by atoms with Crippen LogP contribution in [0.3, 0.4) is 0 Å². The molecule has 3 heterocycles. The molecule has 0 amide bonds. The summed E-state index contributed by atoms with van der Waals surface area (Å²) in [5, 5.41) is 5.69. The van der Waals surface area contributed by atoms with Crippen molar-refractivity contribution in [3.05, 3.63) is 59.8 Å². The van der Waals surface area contributed by atoms with Crippen molar-refractivity contribution >= 4 is 17.3 Å². The van der Waals surface area contributed by atoms with Gasteiger partial charge >= 0.3 is 12.1 Å². The summed E-state index contributed by atoms with van der Waals surface area (Å²) in [6.45, 7) is 1.28. The number of benzene rings is 1. The van der Waals surface area contributed by atoms with Gasteiger partial charge in [0.2, 0.25) is 5.13 Å². The van der Waals surface area contributed by atoms with Crippen LogP contribution in [0.15, 0.2) is 58.5 Å². The van der Waals surface area contributed by atoms with E-state index in [1.165, 1.54) is 19.3 Å². The molecule has 3 aromatic heterocycles. The smallest absolute Gasteiger partial charge is 0.433 e. The molecule has 0 N–H and O–H groups in total. The van der Waals surface area contributed by atoms with Crippen LogP contribution in [0, 0.1) is 0 Å². The van der Waals surface area contributed by atoms with Crippen LogP contribution < -0.4 is 4.74 Å². The molecule has 0 saturated carbocycles. The van der Waals surface area contributed by atoms with E-state index in [1.807, 2.05) is 0 Å². The second-order valence-corrected chi connectivity index (χ2v) is 6.78. The van der Waals surface area contributed by atoms with Gasteiger partial charge < -0.3 is 9.15 Å². The molecule has 4 aromatic rings. The van der Waals surface area contributed by atoms with E-state index in [9.17, 15) is 18.0 Å². The Kier molecular flexibility index (Phi) is 4.71. The number of halogens is 3. The Morgan fingerprint density at radius 2 is 2.00 bits per heavy atom. The van der Waals surface area contributed by atoms with Crippen LogP contribution in [0.1, 0.15) is 12.6 Å². The van der Waals surface area contributed by atoms with Crippen LogP contribution in [0.5, 0.6) is 5.75 Å². The van der Waals surface area contributed by atoms with Crippen LogP contribution >= 0.6 is 11.3 Å². The molecular weight excluding hydrogens is 407 g/mol. The zero-order valence-corrected chi connectivity index (χ0v) is 15.6. The summed E-state index contributed by atoms with van der Waals surface area (Å²) in [6, 6.07) is 10.6. The largest absolute Gasteiger partial charge is 0.463 e. The number of furan rings is 1. The maximum Gasteiger partial charge on any atom is 0.433 e. The van der Waals surface area contributed by atoms with Crippen LogP contribution in [0.25, 0.3) is 27.8 Å².